The zero-order chi connectivity index (χ0) is 13.5. The van der Waals surface area contributed by atoms with Crippen LogP contribution in [-0.4, -0.2) is 30.0 Å². The molecule has 1 aromatic rings. The third-order valence-corrected chi connectivity index (χ3v) is 3.17. The number of aromatic nitrogens is 2. The van der Waals surface area contributed by atoms with Crippen molar-refractivity contribution in [2.75, 3.05) is 20.3 Å². The minimum Gasteiger partial charge on any atom is -0.380 e. The Kier molecular flexibility index (Phi) is 6.36. The number of aryl methyl sites for hydroxylation is 1. The van der Waals surface area contributed by atoms with Crippen LogP contribution in [0.1, 0.15) is 37.2 Å². The van der Waals surface area contributed by atoms with Gasteiger partial charge in [-0.05, 0) is 33.2 Å². The van der Waals surface area contributed by atoms with E-state index in [1.165, 1.54) is 11.3 Å². The lowest BCUT2D eigenvalue weighted by Gasteiger charge is -2.08. The van der Waals surface area contributed by atoms with Gasteiger partial charge in [-0.1, -0.05) is 13.8 Å². The highest BCUT2D eigenvalue weighted by Gasteiger charge is 2.10. The molecule has 4 nitrogen and oxygen atoms in total. The van der Waals surface area contributed by atoms with E-state index in [9.17, 15) is 0 Å². The summed E-state index contributed by atoms with van der Waals surface area (Å²) in [6.07, 6.45) is 1.13. The molecule has 0 aliphatic carbocycles. The quantitative estimate of drug-likeness (QED) is 0.722. The molecular formula is C14H27N3O. The van der Waals surface area contributed by atoms with Crippen molar-refractivity contribution < 1.29 is 4.74 Å². The van der Waals surface area contributed by atoms with Gasteiger partial charge in [0.05, 0.1) is 18.8 Å². The lowest BCUT2D eigenvalue weighted by molar-refractivity contribution is 0.113. The minimum absolute atomic E-state index is 0.709. The second kappa shape index (κ2) is 7.54. The third-order valence-electron chi connectivity index (χ3n) is 3.17. The van der Waals surface area contributed by atoms with Crippen LogP contribution >= 0.6 is 0 Å². The van der Waals surface area contributed by atoms with Gasteiger partial charge in [0, 0.05) is 24.4 Å². The molecular weight excluding hydrogens is 226 g/mol. The van der Waals surface area contributed by atoms with Gasteiger partial charge in [0.2, 0.25) is 0 Å². The summed E-state index contributed by atoms with van der Waals surface area (Å²) in [6, 6.07) is 0. The molecule has 1 rings (SSSR count). The first-order valence-electron chi connectivity index (χ1n) is 6.81. The van der Waals surface area contributed by atoms with Gasteiger partial charge in [-0.15, -0.1) is 0 Å². The van der Waals surface area contributed by atoms with E-state index < -0.39 is 0 Å². The Balaban J connectivity index is 2.40. The minimum atomic E-state index is 0.709. The zero-order valence-corrected chi connectivity index (χ0v) is 12.4. The van der Waals surface area contributed by atoms with Gasteiger partial charge >= 0.3 is 0 Å². The standard InChI is InChI=1S/C14H27N3O/c1-11(2)6-8-18-9-7-17-13(4)14(10-15-5)12(3)16-17/h11,15H,6-10H2,1-5H3. The molecule has 0 aliphatic heterocycles. The summed E-state index contributed by atoms with van der Waals surface area (Å²) in [5.41, 5.74) is 3.66. The molecule has 0 spiro atoms. The SMILES string of the molecule is CNCc1c(C)nn(CCOCCC(C)C)c1C. The molecule has 0 unspecified atom stereocenters. The molecule has 0 saturated carbocycles. The lowest BCUT2D eigenvalue weighted by atomic mass is 10.1. The predicted molar refractivity (Wildman–Crippen MR) is 74.7 cm³/mol. The first-order chi connectivity index (χ1) is 8.56. The van der Waals surface area contributed by atoms with Crippen molar-refractivity contribution in [3.63, 3.8) is 0 Å². The van der Waals surface area contributed by atoms with Crippen LogP contribution in [-0.2, 0) is 17.8 Å². The van der Waals surface area contributed by atoms with Crippen LogP contribution < -0.4 is 5.32 Å². The molecule has 0 aromatic carbocycles. The van der Waals surface area contributed by atoms with Gasteiger partial charge < -0.3 is 10.1 Å². The lowest BCUT2D eigenvalue weighted by Crippen LogP contribution is -2.11. The molecule has 1 aromatic heterocycles. The molecule has 18 heavy (non-hydrogen) atoms. The van der Waals surface area contributed by atoms with Crippen molar-refractivity contribution in [1.82, 2.24) is 15.1 Å². The van der Waals surface area contributed by atoms with Crippen LogP contribution in [0.2, 0.25) is 0 Å². The molecule has 0 amide bonds. The van der Waals surface area contributed by atoms with E-state index in [4.69, 9.17) is 4.74 Å². The molecule has 4 heteroatoms. The molecule has 104 valence electrons. The van der Waals surface area contributed by atoms with Crippen LogP contribution in [0, 0.1) is 19.8 Å². The molecule has 1 N–H and O–H groups in total. The summed E-state index contributed by atoms with van der Waals surface area (Å²) >= 11 is 0. The van der Waals surface area contributed by atoms with Crippen molar-refractivity contribution >= 4 is 0 Å². The van der Waals surface area contributed by atoms with E-state index in [2.05, 4.69) is 42.8 Å². The molecule has 0 radical (unpaired) electrons. The summed E-state index contributed by atoms with van der Waals surface area (Å²) in [5, 5.41) is 7.74. The number of hydrogen-bond donors (Lipinski definition) is 1. The van der Waals surface area contributed by atoms with Gasteiger partial charge in [0.25, 0.3) is 0 Å². The topological polar surface area (TPSA) is 39.1 Å². The van der Waals surface area contributed by atoms with Crippen LogP contribution in [0.25, 0.3) is 0 Å². The van der Waals surface area contributed by atoms with Crippen molar-refractivity contribution in [1.29, 1.82) is 0 Å². The second-order valence-electron chi connectivity index (χ2n) is 5.20. The Morgan fingerprint density at radius 3 is 2.61 bits per heavy atom. The second-order valence-corrected chi connectivity index (χ2v) is 5.20. The number of nitrogens with one attached hydrogen (secondary N) is 1. The highest BCUT2D eigenvalue weighted by atomic mass is 16.5. The number of ether oxygens (including phenoxy) is 1. The molecule has 0 bridgehead atoms. The average Bonchev–Trinajstić information content (AvgIpc) is 2.56. The largest absolute Gasteiger partial charge is 0.380 e. The van der Waals surface area contributed by atoms with Crippen molar-refractivity contribution in [2.45, 2.75) is 47.2 Å². The third kappa shape index (κ3) is 4.42. The molecule has 1 heterocycles. The Morgan fingerprint density at radius 1 is 1.28 bits per heavy atom. The molecule has 0 fully saturated rings. The summed E-state index contributed by atoms with van der Waals surface area (Å²) < 4.78 is 7.69. The highest BCUT2D eigenvalue weighted by Crippen LogP contribution is 2.12. The van der Waals surface area contributed by atoms with E-state index in [1.54, 1.807) is 0 Å². The maximum absolute atomic E-state index is 5.64. The van der Waals surface area contributed by atoms with Crippen molar-refractivity contribution in [3.8, 4) is 0 Å². The summed E-state index contributed by atoms with van der Waals surface area (Å²) in [4.78, 5) is 0. The fourth-order valence-corrected chi connectivity index (χ4v) is 1.96. The van der Waals surface area contributed by atoms with E-state index in [-0.39, 0.29) is 0 Å². The van der Waals surface area contributed by atoms with Crippen LogP contribution in [0.5, 0.6) is 0 Å². The van der Waals surface area contributed by atoms with Crippen molar-refractivity contribution in [3.05, 3.63) is 17.0 Å². The normalized spacial score (nSPS) is 11.4. The fraction of sp³-hybridized carbons (Fsp3) is 0.786. The van der Waals surface area contributed by atoms with Gasteiger partial charge in [0.15, 0.2) is 0 Å². The first-order valence-corrected chi connectivity index (χ1v) is 6.81. The van der Waals surface area contributed by atoms with Gasteiger partial charge in [-0.2, -0.15) is 5.10 Å². The predicted octanol–water partition coefficient (Wildman–Crippen LogP) is 2.28. The summed E-state index contributed by atoms with van der Waals surface area (Å²) in [5.74, 6) is 0.709. The Morgan fingerprint density at radius 2 is 2.00 bits per heavy atom. The van der Waals surface area contributed by atoms with Crippen molar-refractivity contribution in [2.24, 2.45) is 5.92 Å². The smallest absolute Gasteiger partial charge is 0.0662 e. The van der Waals surface area contributed by atoms with Crippen LogP contribution in [0.3, 0.4) is 0 Å². The molecule has 0 aliphatic rings. The Labute approximate surface area is 111 Å². The van der Waals surface area contributed by atoms with Crippen LogP contribution in [0.4, 0.5) is 0 Å². The van der Waals surface area contributed by atoms with Gasteiger partial charge in [0.1, 0.15) is 0 Å². The van der Waals surface area contributed by atoms with Gasteiger partial charge in [-0.25, -0.2) is 0 Å². The van der Waals surface area contributed by atoms with E-state index in [0.717, 1.165) is 38.4 Å². The van der Waals surface area contributed by atoms with E-state index >= 15 is 0 Å². The number of nitrogens with zero attached hydrogens (tertiary/aromatic N) is 2. The maximum atomic E-state index is 5.64. The average molecular weight is 253 g/mol. The summed E-state index contributed by atoms with van der Waals surface area (Å²) in [7, 11) is 1.96. The Hall–Kier alpha value is -0.870. The zero-order valence-electron chi connectivity index (χ0n) is 12.4. The number of rotatable bonds is 8. The van der Waals surface area contributed by atoms with Crippen LogP contribution in [0.15, 0.2) is 0 Å². The van der Waals surface area contributed by atoms with Gasteiger partial charge in [-0.3, -0.25) is 4.68 Å². The Bertz CT molecular complexity index is 358. The number of hydrogen-bond acceptors (Lipinski definition) is 3. The van der Waals surface area contributed by atoms with E-state index in [1.807, 2.05) is 7.05 Å². The first kappa shape index (κ1) is 15.2. The molecule has 0 atom stereocenters. The monoisotopic (exact) mass is 253 g/mol. The van der Waals surface area contributed by atoms with E-state index in [0.29, 0.717) is 5.92 Å². The molecule has 0 saturated heterocycles. The fourth-order valence-electron chi connectivity index (χ4n) is 1.96. The summed E-state index contributed by atoms with van der Waals surface area (Å²) in [6.45, 7) is 11.9. The highest BCUT2D eigenvalue weighted by molar-refractivity contribution is 5.24. The maximum Gasteiger partial charge on any atom is 0.0662 e.